The number of aromatic nitrogens is 3. The van der Waals surface area contributed by atoms with Crippen molar-refractivity contribution in [1.29, 1.82) is 0 Å². The molecule has 0 fully saturated rings. The van der Waals surface area contributed by atoms with Crippen LogP contribution in [0, 0.1) is 0 Å². The van der Waals surface area contributed by atoms with Gasteiger partial charge in [0.05, 0.1) is 11.7 Å². The second-order valence-corrected chi connectivity index (χ2v) is 5.24. The molecule has 0 saturated heterocycles. The van der Waals surface area contributed by atoms with Gasteiger partial charge in [-0.2, -0.15) is 13.2 Å². The van der Waals surface area contributed by atoms with Crippen LogP contribution in [0.4, 0.5) is 13.2 Å². The van der Waals surface area contributed by atoms with Gasteiger partial charge in [0.1, 0.15) is 11.6 Å². The van der Waals surface area contributed by atoms with Crippen LogP contribution in [0.15, 0.2) is 24.3 Å². The summed E-state index contributed by atoms with van der Waals surface area (Å²) >= 11 is 0. The average molecular weight is 296 g/mol. The summed E-state index contributed by atoms with van der Waals surface area (Å²) in [6, 6.07) is 5.28. The van der Waals surface area contributed by atoms with Gasteiger partial charge in [-0.1, -0.05) is 18.2 Å². The molecule has 21 heavy (non-hydrogen) atoms. The molecule has 1 aromatic heterocycles. The first kappa shape index (κ1) is 14.1. The molecule has 2 aromatic rings. The molecule has 1 atom stereocenters. The van der Waals surface area contributed by atoms with Crippen molar-refractivity contribution in [2.45, 2.75) is 38.0 Å². The Morgan fingerprint density at radius 1 is 1.29 bits per heavy atom. The number of hydrogen-bond acceptors (Lipinski definition) is 3. The highest BCUT2D eigenvalue weighted by molar-refractivity contribution is 5.28. The molecule has 1 unspecified atom stereocenters. The topological polar surface area (TPSA) is 56.7 Å². The monoisotopic (exact) mass is 296 g/mol. The molecular formula is C14H15F3N4. The van der Waals surface area contributed by atoms with Crippen molar-refractivity contribution in [1.82, 2.24) is 14.8 Å². The molecule has 4 nitrogen and oxygen atoms in total. The van der Waals surface area contributed by atoms with E-state index in [1.165, 1.54) is 6.07 Å². The molecule has 0 saturated carbocycles. The molecule has 1 aliphatic heterocycles. The van der Waals surface area contributed by atoms with Gasteiger partial charge in [-0.25, -0.2) is 0 Å². The van der Waals surface area contributed by atoms with Gasteiger partial charge in [0.2, 0.25) is 0 Å². The summed E-state index contributed by atoms with van der Waals surface area (Å²) in [6.45, 7) is 0. The first-order valence-electron chi connectivity index (χ1n) is 6.79. The zero-order chi connectivity index (χ0) is 15.0. The van der Waals surface area contributed by atoms with Crippen molar-refractivity contribution < 1.29 is 13.2 Å². The molecule has 1 aliphatic rings. The lowest BCUT2D eigenvalue weighted by Gasteiger charge is -2.22. The van der Waals surface area contributed by atoms with Crippen LogP contribution in [-0.4, -0.2) is 14.8 Å². The van der Waals surface area contributed by atoms with E-state index in [0.717, 1.165) is 37.2 Å². The maximum Gasteiger partial charge on any atom is 0.416 e. The second-order valence-electron chi connectivity index (χ2n) is 5.24. The van der Waals surface area contributed by atoms with E-state index in [9.17, 15) is 13.2 Å². The van der Waals surface area contributed by atoms with E-state index in [2.05, 4.69) is 10.2 Å². The fourth-order valence-electron chi connectivity index (χ4n) is 2.67. The zero-order valence-corrected chi connectivity index (χ0v) is 11.3. The van der Waals surface area contributed by atoms with Gasteiger partial charge in [-0.15, -0.1) is 10.2 Å². The van der Waals surface area contributed by atoms with Crippen LogP contribution in [0.2, 0.25) is 0 Å². The van der Waals surface area contributed by atoms with Crippen LogP contribution in [0.3, 0.4) is 0 Å². The number of aryl methyl sites for hydroxylation is 1. The molecule has 3 rings (SSSR count). The zero-order valence-electron chi connectivity index (χ0n) is 11.3. The Kier molecular flexibility index (Phi) is 3.44. The standard InChI is InChI=1S/C14H15F3N4/c15-14(16,17)10-4-1-3-9(7-10)8-13-20-19-12-6-2-5-11(18)21(12)13/h1,3-4,7,11H,2,5-6,8,18H2. The smallest absolute Gasteiger partial charge is 0.311 e. The van der Waals surface area contributed by atoms with Gasteiger partial charge in [0, 0.05) is 12.8 Å². The normalized spacial score (nSPS) is 18.6. The summed E-state index contributed by atoms with van der Waals surface area (Å²) in [4.78, 5) is 0. The molecule has 2 N–H and O–H groups in total. The minimum absolute atomic E-state index is 0.190. The summed E-state index contributed by atoms with van der Waals surface area (Å²) in [5.41, 5.74) is 5.95. The number of alkyl halides is 3. The first-order chi connectivity index (χ1) is 9.95. The number of hydrogen-bond donors (Lipinski definition) is 1. The number of nitrogens with two attached hydrogens (primary N) is 1. The van der Waals surface area contributed by atoms with E-state index in [4.69, 9.17) is 5.73 Å². The predicted molar refractivity (Wildman–Crippen MR) is 70.4 cm³/mol. The molecular weight excluding hydrogens is 281 g/mol. The summed E-state index contributed by atoms with van der Waals surface area (Å²) in [5, 5.41) is 8.17. The molecule has 0 bridgehead atoms. The third kappa shape index (κ3) is 2.78. The van der Waals surface area contributed by atoms with Crippen molar-refractivity contribution in [3.63, 3.8) is 0 Å². The molecule has 0 aliphatic carbocycles. The molecule has 0 radical (unpaired) electrons. The van der Waals surface area contributed by atoms with Gasteiger partial charge in [0.15, 0.2) is 0 Å². The highest BCUT2D eigenvalue weighted by Crippen LogP contribution is 2.30. The number of benzene rings is 1. The van der Waals surface area contributed by atoms with Crippen LogP contribution >= 0.6 is 0 Å². The lowest BCUT2D eigenvalue weighted by Crippen LogP contribution is -2.26. The van der Waals surface area contributed by atoms with Crippen LogP contribution < -0.4 is 5.73 Å². The lowest BCUT2D eigenvalue weighted by molar-refractivity contribution is -0.137. The SMILES string of the molecule is NC1CCCc2nnc(Cc3cccc(C(F)(F)F)c3)n21. The minimum Gasteiger partial charge on any atom is -0.311 e. The molecule has 0 spiro atoms. The van der Waals surface area contributed by atoms with Gasteiger partial charge in [-0.05, 0) is 24.5 Å². The fourth-order valence-corrected chi connectivity index (χ4v) is 2.67. The van der Waals surface area contributed by atoms with Crippen molar-refractivity contribution >= 4 is 0 Å². The van der Waals surface area contributed by atoms with Crippen molar-refractivity contribution in [3.05, 3.63) is 47.0 Å². The quantitative estimate of drug-likeness (QED) is 0.927. The van der Waals surface area contributed by atoms with Gasteiger partial charge in [0.25, 0.3) is 0 Å². The Morgan fingerprint density at radius 3 is 2.86 bits per heavy atom. The lowest BCUT2D eigenvalue weighted by atomic mass is 10.1. The van der Waals surface area contributed by atoms with Crippen LogP contribution in [0.25, 0.3) is 0 Å². The van der Waals surface area contributed by atoms with Crippen molar-refractivity contribution in [2.24, 2.45) is 5.73 Å². The maximum atomic E-state index is 12.7. The van der Waals surface area contributed by atoms with Gasteiger partial charge in [-0.3, -0.25) is 4.57 Å². The Morgan fingerprint density at radius 2 is 2.10 bits per heavy atom. The summed E-state index contributed by atoms with van der Waals surface area (Å²) in [5.74, 6) is 1.44. The summed E-state index contributed by atoms with van der Waals surface area (Å²) in [6.07, 6.45) is -1.63. The second kappa shape index (κ2) is 5.14. The van der Waals surface area contributed by atoms with Crippen LogP contribution in [0.5, 0.6) is 0 Å². The van der Waals surface area contributed by atoms with Gasteiger partial charge >= 0.3 is 6.18 Å². The highest BCUT2D eigenvalue weighted by atomic mass is 19.4. The van der Waals surface area contributed by atoms with E-state index in [0.29, 0.717) is 17.8 Å². The number of halogens is 3. The molecule has 7 heteroatoms. The molecule has 0 amide bonds. The van der Waals surface area contributed by atoms with E-state index in [-0.39, 0.29) is 6.17 Å². The van der Waals surface area contributed by atoms with Crippen LogP contribution in [0.1, 0.15) is 41.8 Å². The third-order valence-electron chi connectivity index (χ3n) is 3.69. The Hall–Kier alpha value is -1.89. The Bertz CT molecular complexity index is 648. The van der Waals surface area contributed by atoms with Crippen molar-refractivity contribution in [2.75, 3.05) is 0 Å². The van der Waals surface area contributed by atoms with Gasteiger partial charge < -0.3 is 5.73 Å². The third-order valence-corrected chi connectivity index (χ3v) is 3.69. The predicted octanol–water partition coefficient (Wildman–Crippen LogP) is 2.68. The number of nitrogens with zero attached hydrogens (tertiary/aromatic N) is 3. The molecule has 112 valence electrons. The van der Waals surface area contributed by atoms with E-state index < -0.39 is 11.7 Å². The van der Waals surface area contributed by atoms with Crippen molar-refractivity contribution in [3.8, 4) is 0 Å². The van der Waals surface area contributed by atoms with E-state index >= 15 is 0 Å². The van der Waals surface area contributed by atoms with E-state index in [1.807, 2.05) is 4.57 Å². The maximum absolute atomic E-state index is 12.7. The van der Waals surface area contributed by atoms with Crippen LogP contribution in [-0.2, 0) is 19.0 Å². The average Bonchev–Trinajstić information content (AvgIpc) is 2.83. The fraction of sp³-hybridized carbons (Fsp3) is 0.429. The van der Waals surface area contributed by atoms with E-state index in [1.54, 1.807) is 6.07 Å². The Balaban J connectivity index is 1.90. The summed E-state index contributed by atoms with van der Waals surface area (Å²) < 4.78 is 40.0. The molecule has 1 aromatic carbocycles. The number of fused-ring (bicyclic) bond motifs is 1. The summed E-state index contributed by atoms with van der Waals surface area (Å²) in [7, 11) is 0. The largest absolute Gasteiger partial charge is 0.416 e. The first-order valence-corrected chi connectivity index (χ1v) is 6.79. The minimum atomic E-state index is -4.34. The highest BCUT2D eigenvalue weighted by Gasteiger charge is 2.30. The Labute approximate surface area is 119 Å². The number of rotatable bonds is 2. The molecule has 2 heterocycles.